The summed E-state index contributed by atoms with van der Waals surface area (Å²) in [6.07, 6.45) is 3.00. The summed E-state index contributed by atoms with van der Waals surface area (Å²) in [5, 5.41) is 31.5. The fraction of sp³-hybridized carbons (Fsp3) is 0.524. The first-order valence-corrected chi connectivity index (χ1v) is 9.81. The molecule has 7 nitrogen and oxygen atoms in total. The number of aliphatic hydroxyl groups is 2. The third-order valence-corrected chi connectivity index (χ3v) is 5.27. The number of carbonyl (C=O) groups is 1. The molecular weight excluding hydrogens is 358 g/mol. The standard InChI is InChI=1S/C21H27N3O4/c22-13-16(21(27)23-14-19-20(26)18(25)8-11-28-19)12-15-4-6-17(7-5-15)24-9-2-1-3-10-24/h4-7,12,18-20,25-26H,1-3,8-11,14H2,(H,23,27)/b16-12+/t18-,19-,20+/m1/s1. The highest BCUT2D eigenvalue weighted by atomic mass is 16.5. The summed E-state index contributed by atoms with van der Waals surface area (Å²) in [5.41, 5.74) is 1.91. The predicted molar refractivity (Wildman–Crippen MR) is 105 cm³/mol. The highest BCUT2D eigenvalue weighted by Crippen LogP contribution is 2.21. The number of nitriles is 1. The number of benzene rings is 1. The summed E-state index contributed by atoms with van der Waals surface area (Å²) in [4.78, 5) is 14.7. The molecule has 3 N–H and O–H groups in total. The lowest BCUT2D eigenvalue weighted by atomic mass is 10.0. The number of amides is 1. The van der Waals surface area contributed by atoms with Gasteiger partial charge in [0.25, 0.3) is 5.91 Å². The van der Waals surface area contributed by atoms with Gasteiger partial charge < -0.3 is 25.2 Å². The molecule has 150 valence electrons. The number of hydrogen-bond acceptors (Lipinski definition) is 6. The Morgan fingerprint density at radius 1 is 1.25 bits per heavy atom. The van der Waals surface area contributed by atoms with Gasteiger partial charge in [0.1, 0.15) is 23.9 Å². The summed E-state index contributed by atoms with van der Waals surface area (Å²) >= 11 is 0. The Kier molecular flexibility index (Phi) is 7.04. The molecule has 2 heterocycles. The molecule has 2 aliphatic heterocycles. The smallest absolute Gasteiger partial charge is 0.262 e. The molecule has 3 rings (SSSR count). The fourth-order valence-corrected chi connectivity index (χ4v) is 3.57. The van der Waals surface area contributed by atoms with Crippen LogP contribution >= 0.6 is 0 Å². The number of nitrogens with zero attached hydrogens (tertiary/aromatic N) is 2. The second-order valence-electron chi connectivity index (χ2n) is 7.27. The minimum atomic E-state index is -1.05. The molecule has 2 fully saturated rings. The Morgan fingerprint density at radius 3 is 2.64 bits per heavy atom. The van der Waals surface area contributed by atoms with Crippen molar-refractivity contribution < 1.29 is 19.7 Å². The van der Waals surface area contributed by atoms with Gasteiger partial charge in [-0.1, -0.05) is 12.1 Å². The summed E-state index contributed by atoms with van der Waals surface area (Å²) < 4.78 is 5.38. The zero-order valence-corrected chi connectivity index (χ0v) is 15.9. The van der Waals surface area contributed by atoms with Gasteiger partial charge in [0.2, 0.25) is 0 Å². The highest BCUT2D eigenvalue weighted by molar-refractivity contribution is 6.01. The van der Waals surface area contributed by atoms with Crippen molar-refractivity contribution >= 4 is 17.7 Å². The molecule has 0 aromatic heterocycles. The van der Waals surface area contributed by atoms with Crippen molar-refractivity contribution in [3.8, 4) is 6.07 Å². The van der Waals surface area contributed by atoms with Crippen LogP contribution < -0.4 is 10.2 Å². The molecule has 0 bridgehead atoms. The average molecular weight is 385 g/mol. The third kappa shape index (κ3) is 5.10. The number of ether oxygens (including phenoxy) is 1. The van der Waals surface area contributed by atoms with E-state index in [9.17, 15) is 20.3 Å². The van der Waals surface area contributed by atoms with Crippen LogP contribution in [0.5, 0.6) is 0 Å². The molecule has 28 heavy (non-hydrogen) atoms. The molecule has 3 atom stereocenters. The van der Waals surface area contributed by atoms with E-state index >= 15 is 0 Å². The van der Waals surface area contributed by atoms with E-state index in [0.29, 0.717) is 13.0 Å². The first kappa shape index (κ1) is 20.3. The van der Waals surface area contributed by atoms with Crippen molar-refractivity contribution in [1.29, 1.82) is 5.26 Å². The SMILES string of the molecule is N#C/C(=C\c1ccc(N2CCCCC2)cc1)C(=O)NC[C@H]1OCC[C@@H](O)[C@@H]1O. The minimum absolute atomic E-state index is 0.0171. The van der Waals surface area contributed by atoms with Gasteiger partial charge in [-0.3, -0.25) is 4.79 Å². The molecule has 0 aliphatic carbocycles. The number of hydrogen-bond donors (Lipinski definition) is 3. The van der Waals surface area contributed by atoms with Crippen LogP contribution in [0.25, 0.3) is 6.08 Å². The molecule has 1 aromatic carbocycles. The van der Waals surface area contributed by atoms with Gasteiger partial charge in [-0.15, -0.1) is 0 Å². The average Bonchev–Trinajstić information content (AvgIpc) is 2.74. The van der Waals surface area contributed by atoms with Gasteiger partial charge in [0.15, 0.2) is 0 Å². The second kappa shape index (κ2) is 9.69. The molecule has 0 radical (unpaired) electrons. The van der Waals surface area contributed by atoms with E-state index in [4.69, 9.17) is 4.74 Å². The van der Waals surface area contributed by atoms with Crippen LogP contribution in [0.2, 0.25) is 0 Å². The lowest BCUT2D eigenvalue weighted by molar-refractivity contribution is -0.136. The van der Waals surface area contributed by atoms with Crippen LogP contribution in [0.1, 0.15) is 31.2 Å². The molecular formula is C21H27N3O4. The highest BCUT2D eigenvalue weighted by Gasteiger charge is 2.31. The monoisotopic (exact) mass is 385 g/mol. The van der Waals surface area contributed by atoms with Gasteiger partial charge >= 0.3 is 0 Å². The number of nitrogens with one attached hydrogen (secondary N) is 1. The maximum Gasteiger partial charge on any atom is 0.262 e. The van der Waals surface area contributed by atoms with E-state index in [1.54, 1.807) is 6.08 Å². The van der Waals surface area contributed by atoms with Gasteiger partial charge in [0, 0.05) is 31.9 Å². The topological polar surface area (TPSA) is 106 Å². The van der Waals surface area contributed by atoms with Crippen LogP contribution in [-0.4, -0.2) is 60.7 Å². The minimum Gasteiger partial charge on any atom is -0.390 e. The number of carbonyl (C=O) groups excluding carboxylic acids is 1. The van der Waals surface area contributed by atoms with E-state index in [0.717, 1.165) is 24.3 Å². The number of aliphatic hydroxyl groups excluding tert-OH is 2. The van der Waals surface area contributed by atoms with Gasteiger partial charge in [0.05, 0.1) is 6.10 Å². The van der Waals surface area contributed by atoms with Gasteiger partial charge in [-0.2, -0.15) is 5.26 Å². The third-order valence-electron chi connectivity index (χ3n) is 5.27. The van der Waals surface area contributed by atoms with Crippen molar-refractivity contribution in [2.24, 2.45) is 0 Å². The quantitative estimate of drug-likeness (QED) is 0.520. The molecule has 1 amide bonds. The summed E-state index contributed by atoms with van der Waals surface area (Å²) in [6.45, 7) is 2.47. The summed E-state index contributed by atoms with van der Waals surface area (Å²) in [5.74, 6) is -0.529. The lowest BCUT2D eigenvalue weighted by Gasteiger charge is -2.31. The molecule has 1 aromatic rings. The Morgan fingerprint density at radius 2 is 1.96 bits per heavy atom. The summed E-state index contributed by atoms with van der Waals surface area (Å²) in [7, 11) is 0. The number of rotatable bonds is 5. The first-order valence-electron chi connectivity index (χ1n) is 9.81. The van der Waals surface area contributed by atoms with Crippen molar-refractivity contribution in [2.75, 3.05) is 31.1 Å². The van der Waals surface area contributed by atoms with Crippen LogP contribution in [0.4, 0.5) is 5.69 Å². The van der Waals surface area contributed by atoms with Crippen LogP contribution in [0.3, 0.4) is 0 Å². The largest absolute Gasteiger partial charge is 0.390 e. The fourth-order valence-electron chi connectivity index (χ4n) is 3.57. The van der Waals surface area contributed by atoms with Crippen molar-refractivity contribution in [3.63, 3.8) is 0 Å². The Labute approximate surface area is 165 Å². The Balaban J connectivity index is 1.59. The van der Waals surface area contributed by atoms with E-state index in [-0.39, 0.29) is 12.1 Å². The Hall–Kier alpha value is -2.40. The zero-order valence-electron chi connectivity index (χ0n) is 15.9. The van der Waals surface area contributed by atoms with Gasteiger partial charge in [-0.25, -0.2) is 0 Å². The summed E-state index contributed by atoms with van der Waals surface area (Å²) in [6, 6.07) is 9.75. The molecule has 0 spiro atoms. The van der Waals surface area contributed by atoms with E-state index in [1.165, 1.54) is 19.3 Å². The van der Waals surface area contributed by atoms with Crippen LogP contribution in [-0.2, 0) is 9.53 Å². The van der Waals surface area contributed by atoms with Gasteiger partial charge in [-0.05, 0) is 49.5 Å². The number of anilines is 1. The maximum absolute atomic E-state index is 12.3. The van der Waals surface area contributed by atoms with Crippen molar-refractivity contribution in [3.05, 3.63) is 35.4 Å². The van der Waals surface area contributed by atoms with Crippen molar-refractivity contribution in [1.82, 2.24) is 5.32 Å². The number of piperidine rings is 1. The Bertz CT molecular complexity index is 735. The van der Waals surface area contributed by atoms with E-state index in [1.807, 2.05) is 30.3 Å². The van der Waals surface area contributed by atoms with E-state index in [2.05, 4.69) is 10.2 Å². The van der Waals surface area contributed by atoms with Crippen LogP contribution in [0, 0.1) is 11.3 Å². The molecule has 0 unspecified atom stereocenters. The normalized spacial score (nSPS) is 25.8. The lowest BCUT2D eigenvalue weighted by Crippen LogP contribution is -2.50. The predicted octanol–water partition coefficient (Wildman–Crippen LogP) is 1.21. The molecule has 0 saturated carbocycles. The second-order valence-corrected chi connectivity index (χ2v) is 7.27. The van der Waals surface area contributed by atoms with Crippen LogP contribution in [0.15, 0.2) is 29.8 Å². The first-order chi connectivity index (χ1) is 13.6. The molecule has 2 saturated heterocycles. The maximum atomic E-state index is 12.3. The molecule has 2 aliphatic rings. The molecule has 7 heteroatoms. The zero-order chi connectivity index (χ0) is 19.9. The van der Waals surface area contributed by atoms with Crippen molar-refractivity contribution in [2.45, 2.75) is 44.0 Å². The van der Waals surface area contributed by atoms with E-state index < -0.39 is 24.2 Å².